The third kappa shape index (κ3) is 2.39. The third-order valence-corrected chi connectivity index (χ3v) is 3.39. The zero-order chi connectivity index (χ0) is 14.2. The van der Waals surface area contributed by atoms with Crippen molar-refractivity contribution in [3.05, 3.63) is 40.1 Å². The molecule has 0 atom stereocenters. The number of carbonyl (C=O) groups excluding carboxylic acids is 1. The summed E-state index contributed by atoms with van der Waals surface area (Å²) in [5.41, 5.74) is 5.82. The Labute approximate surface area is 111 Å². The van der Waals surface area contributed by atoms with Crippen LogP contribution in [-0.2, 0) is 6.54 Å². The van der Waals surface area contributed by atoms with Crippen LogP contribution in [0.2, 0.25) is 0 Å². The fraction of sp³-hybridized carbons (Fsp3) is 0.385. The van der Waals surface area contributed by atoms with Crippen LogP contribution in [0.25, 0.3) is 0 Å². The second kappa shape index (κ2) is 4.89. The quantitative estimate of drug-likeness (QED) is 0.497. The number of hydrogen-bond donors (Lipinski definition) is 2. The van der Waals surface area contributed by atoms with E-state index in [4.69, 9.17) is 10.3 Å². The van der Waals surface area contributed by atoms with Crippen molar-refractivity contribution in [3.63, 3.8) is 0 Å². The number of aromatic nitrogens is 2. The molecule has 102 valence electrons. The SMILES string of the molecule is Cc1nn(Cc2cc(C(=O)NN)c(C)o2)c(C)c1C. The second-order valence-corrected chi connectivity index (χ2v) is 4.61. The number of nitrogens with zero attached hydrogens (tertiary/aromatic N) is 2. The first-order valence-electron chi connectivity index (χ1n) is 6.05. The number of carbonyl (C=O) groups is 1. The van der Waals surface area contributed by atoms with Gasteiger partial charge in [-0.1, -0.05) is 0 Å². The smallest absolute Gasteiger partial charge is 0.268 e. The molecule has 0 aliphatic rings. The molecule has 19 heavy (non-hydrogen) atoms. The highest BCUT2D eigenvalue weighted by atomic mass is 16.3. The summed E-state index contributed by atoms with van der Waals surface area (Å²) in [4.78, 5) is 11.5. The van der Waals surface area contributed by atoms with E-state index in [1.165, 1.54) is 5.56 Å². The highest BCUT2D eigenvalue weighted by Crippen LogP contribution is 2.18. The van der Waals surface area contributed by atoms with Crippen LogP contribution < -0.4 is 11.3 Å². The molecule has 2 heterocycles. The van der Waals surface area contributed by atoms with Crippen molar-refractivity contribution in [2.75, 3.05) is 0 Å². The lowest BCUT2D eigenvalue weighted by Crippen LogP contribution is -2.30. The molecule has 0 fully saturated rings. The van der Waals surface area contributed by atoms with Gasteiger partial charge in [0.2, 0.25) is 0 Å². The van der Waals surface area contributed by atoms with E-state index in [2.05, 4.69) is 10.5 Å². The van der Waals surface area contributed by atoms with Gasteiger partial charge in [-0.25, -0.2) is 5.84 Å². The Morgan fingerprint density at radius 2 is 2.11 bits per heavy atom. The number of furan rings is 1. The van der Waals surface area contributed by atoms with Gasteiger partial charge in [0.05, 0.1) is 17.8 Å². The molecule has 2 rings (SSSR count). The van der Waals surface area contributed by atoms with Crippen molar-refractivity contribution in [1.29, 1.82) is 0 Å². The molecule has 0 radical (unpaired) electrons. The molecule has 1 amide bonds. The van der Waals surface area contributed by atoms with Crippen molar-refractivity contribution < 1.29 is 9.21 Å². The Bertz CT molecular complexity index is 625. The number of nitrogen functional groups attached to an aromatic ring is 1. The summed E-state index contributed by atoms with van der Waals surface area (Å²) in [7, 11) is 0. The molecule has 6 heteroatoms. The molecule has 0 spiro atoms. The molecule has 0 unspecified atom stereocenters. The first-order valence-corrected chi connectivity index (χ1v) is 6.05. The van der Waals surface area contributed by atoms with Gasteiger partial charge in [0.15, 0.2) is 0 Å². The Morgan fingerprint density at radius 3 is 2.63 bits per heavy atom. The Morgan fingerprint density at radius 1 is 1.42 bits per heavy atom. The second-order valence-electron chi connectivity index (χ2n) is 4.61. The van der Waals surface area contributed by atoms with Crippen molar-refractivity contribution in [3.8, 4) is 0 Å². The van der Waals surface area contributed by atoms with E-state index >= 15 is 0 Å². The lowest BCUT2D eigenvalue weighted by atomic mass is 10.2. The molecule has 0 aromatic carbocycles. The standard InChI is InChI=1S/C13H18N4O2/c1-7-8(2)16-17(9(7)3)6-11-5-12(10(4)19-11)13(18)15-14/h5H,6,14H2,1-4H3,(H,15,18). The Balaban J connectivity index is 2.29. The number of nitrogens with two attached hydrogens (primary N) is 1. The number of hydrazine groups is 1. The monoisotopic (exact) mass is 262 g/mol. The maximum Gasteiger partial charge on any atom is 0.268 e. The lowest BCUT2D eigenvalue weighted by Gasteiger charge is -2.01. The summed E-state index contributed by atoms with van der Waals surface area (Å²) in [5.74, 6) is 6.01. The molecule has 0 saturated carbocycles. The van der Waals surface area contributed by atoms with Crippen molar-refractivity contribution in [2.45, 2.75) is 34.2 Å². The summed E-state index contributed by atoms with van der Waals surface area (Å²) in [5, 5.41) is 4.44. The van der Waals surface area contributed by atoms with E-state index in [0.717, 1.165) is 11.4 Å². The van der Waals surface area contributed by atoms with E-state index in [1.54, 1.807) is 13.0 Å². The molecule has 0 saturated heterocycles. The fourth-order valence-electron chi connectivity index (χ4n) is 2.01. The highest BCUT2D eigenvalue weighted by molar-refractivity contribution is 5.94. The number of nitrogens with one attached hydrogen (secondary N) is 1. The average Bonchev–Trinajstić information content (AvgIpc) is 2.85. The highest BCUT2D eigenvalue weighted by Gasteiger charge is 2.15. The number of aryl methyl sites for hydroxylation is 2. The van der Waals surface area contributed by atoms with E-state index in [1.807, 2.05) is 25.5 Å². The topological polar surface area (TPSA) is 86.1 Å². The van der Waals surface area contributed by atoms with Gasteiger partial charge in [0.1, 0.15) is 11.5 Å². The largest absolute Gasteiger partial charge is 0.464 e. The molecule has 0 aliphatic carbocycles. The fourth-order valence-corrected chi connectivity index (χ4v) is 2.01. The molecule has 6 nitrogen and oxygen atoms in total. The van der Waals surface area contributed by atoms with Gasteiger partial charge in [-0.05, 0) is 39.3 Å². The predicted molar refractivity (Wildman–Crippen MR) is 70.6 cm³/mol. The van der Waals surface area contributed by atoms with E-state index < -0.39 is 0 Å². The van der Waals surface area contributed by atoms with Crippen molar-refractivity contribution in [1.82, 2.24) is 15.2 Å². The number of amides is 1. The van der Waals surface area contributed by atoms with Crippen LogP contribution in [-0.4, -0.2) is 15.7 Å². The van der Waals surface area contributed by atoms with E-state index in [9.17, 15) is 4.79 Å². The molecule has 2 aromatic rings. The number of rotatable bonds is 3. The zero-order valence-corrected chi connectivity index (χ0v) is 11.6. The van der Waals surface area contributed by atoms with E-state index in [-0.39, 0.29) is 5.91 Å². The first kappa shape index (κ1) is 13.4. The van der Waals surface area contributed by atoms with Gasteiger partial charge >= 0.3 is 0 Å². The lowest BCUT2D eigenvalue weighted by molar-refractivity contribution is 0.0952. The van der Waals surface area contributed by atoms with Gasteiger partial charge in [-0.3, -0.25) is 14.9 Å². The molecule has 0 aliphatic heterocycles. The summed E-state index contributed by atoms with van der Waals surface area (Å²) >= 11 is 0. The van der Waals surface area contributed by atoms with Gasteiger partial charge in [-0.2, -0.15) is 5.10 Å². The normalized spacial score (nSPS) is 10.8. The molecular weight excluding hydrogens is 244 g/mol. The maximum absolute atomic E-state index is 11.5. The molecular formula is C13H18N4O2. The summed E-state index contributed by atoms with van der Waals surface area (Å²) < 4.78 is 7.44. The molecule has 0 bridgehead atoms. The summed E-state index contributed by atoms with van der Waals surface area (Å²) in [6.45, 7) is 8.26. The minimum absolute atomic E-state index is 0.350. The molecule has 2 aromatic heterocycles. The Hall–Kier alpha value is -2.08. The average molecular weight is 262 g/mol. The van der Waals surface area contributed by atoms with Crippen LogP contribution in [0.15, 0.2) is 10.5 Å². The van der Waals surface area contributed by atoms with Gasteiger partial charge < -0.3 is 4.42 Å². The van der Waals surface area contributed by atoms with Gasteiger partial charge in [-0.15, -0.1) is 0 Å². The predicted octanol–water partition coefficient (Wildman–Crippen LogP) is 1.36. The minimum Gasteiger partial charge on any atom is -0.464 e. The maximum atomic E-state index is 11.5. The van der Waals surface area contributed by atoms with Crippen LogP contribution >= 0.6 is 0 Å². The van der Waals surface area contributed by atoms with Crippen LogP contribution in [0, 0.1) is 27.7 Å². The van der Waals surface area contributed by atoms with Crippen LogP contribution in [0.4, 0.5) is 0 Å². The van der Waals surface area contributed by atoms with Gasteiger partial charge in [0, 0.05) is 5.69 Å². The van der Waals surface area contributed by atoms with Gasteiger partial charge in [0.25, 0.3) is 5.91 Å². The number of hydrogen-bond acceptors (Lipinski definition) is 4. The summed E-state index contributed by atoms with van der Waals surface area (Å²) in [6.07, 6.45) is 0. The third-order valence-electron chi connectivity index (χ3n) is 3.39. The van der Waals surface area contributed by atoms with Crippen molar-refractivity contribution >= 4 is 5.91 Å². The Kier molecular flexibility index (Phi) is 3.44. The van der Waals surface area contributed by atoms with Crippen LogP contribution in [0.5, 0.6) is 0 Å². The van der Waals surface area contributed by atoms with Crippen LogP contribution in [0.3, 0.4) is 0 Å². The first-order chi connectivity index (χ1) is 8.93. The molecule has 3 N–H and O–H groups in total. The minimum atomic E-state index is -0.350. The summed E-state index contributed by atoms with van der Waals surface area (Å²) in [6, 6.07) is 1.70. The zero-order valence-electron chi connectivity index (χ0n) is 11.6. The van der Waals surface area contributed by atoms with Crippen molar-refractivity contribution in [2.24, 2.45) is 5.84 Å². The van der Waals surface area contributed by atoms with E-state index in [0.29, 0.717) is 23.6 Å². The van der Waals surface area contributed by atoms with Crippen LogP contribution in [0.1, 0.15) is 38.8 Å².